The number of carbonyl (C=O) groups excluding carboxylic acids is 1. The minimum atomic E-state index is -1.36. The van der Waals surface area contributed by atoms with E-state index in [9.17, 15) is 14.7 Å². The minimum absolute atomic E-state index is 0.326. The van der Waals surface area contributed by atoms with Crippen molar-refractivity contribution < 1.29 is 19.8 Å². The molecule has 9 heteroatoms. The number of aliphatic hydroxyl groups is 1. The van der Waals surface area contributed by atoms with Gasteiger partial charge in [0.15, 0.2) is 6.04 Å². The summed E-state index contributed by atoms with van der Waals surface area (Å²) in [5.74, 6) is -1.00. The van der Waals surface area contributed by atoms with E-state index in [0.29, 0.717) is 12.1 Å². The molecule has 1 aliphatic carbocycles. The van der Waals surface area contributed by atoms with Crippen LogP contribution >= 0.6 is 11.3 Å². The second-order valence-electron chi connectivity index (χ2n) is 7.69. The molecule has 31 heavy (non-hydrogen) atoms. The number of hydrogen-bond donors (Lipinski definition) is 4. The number of nitrogens with zero attached hydrogens (tertiary/aromatic N) is 2. The van der Waals surface area contributed by atoms with Crippen LogP contribution in [0.25, 0.3) is 10.2 Å². The number of amides is 1. The van der Waals surface area contributed by atoms with E-state index < -0.39 is 24.0 Å². The van der Waals surface area contributed by atoms with Gasteiger partial charge in [-0.3, -0.25) is 4.79 Å². The first-order valence-electron chi connectivity index (χ1n) is 10.2. The summed E-state index contributed by atoms with van der Waals surface area (Å²) in [4.78, 5) is 34.8. The van der Waals surface area contributed by atoms with Gasteiger partial charge in [-0.2, -0.15) is 0 Å². The number of carbonyl (C=O) groups is 2. The molecule has 3 aromatic rings. The summed E-state index contributed by atoms with van der Waals surface area (Å²) < 4.78 is 0. The molecule has 1 aliphatic rings. The SMILES string of the molecule is CC(O)C(NC(=O)c1ccc(CNc2ncnc3sc4c(c23)CCCC4)cc1)C(=O)O. The molecule has 2 atom stereocenters. The smallest absolute Gasteiger partial charge is 0.328 e. The molecule has 0 fully saturated rings. The first kappa shape index (κ1) is 21.2. The fourth-order valence-electron chi connectivity index (χ4n) is 3.80. The lowest BCUT2D eigenvalue weighted by Crippen LogP contribution is -2.47. The van der Waals surface area contributed by atoms with Gasteiger partial charge in [0.25, 0.3) is 5.91 Å². The number of rotatable bonds is 7. The van der Waals surface area contributed by atoms with Crippen molar-refractivity contribution in [1.82, 2.24) is 15.3 Å². The molecule has 4 N–H and O–H groups in total. The number of hydrogen-bond acceptors (Lipinski definition) is 7. The average molecular weight is 441 g/mol. The predicted molar refractivity (Wildman–Crippen MR) is 118 cm³/mol. The lowest BCUT2D eigenvalue weighted by atomic mass is 9.97. The van der Waals surface area contributed by atoms with Gasteiger partial charge in [0.2, 0.25) is 0 Å². The number of anilines is 1. The zero-order valence-electron chi connectivity index (χ0n) is 17.1. The number of aromatic nitrogens is 2. The molecule has 162 valence electrons. The zero-order valence-corrected chi connectivity index (χ0v) is 17.9. The molecule has 2 aromatic heterocycles. The van der Waals surface area contributed by atoms with Crippen molar-refractivity contribution in [2.75, 3.05) is 5.32 Å². The van der Waals surface area contributed by atoms with Crippen molar-refractivity contribution in [3.63, 3.8) is 0 Å². The average Bonchev–Trinajstić information content (AvgIpc) is 3.15. The monoisotopic (exact) mass is 440 g/mol. The van der Waals surface area contributed by atoms with Gasteiger partial charge in [-0.25, -0.2) is 14.8 Å². The maximum absolute atomic E-state index is 12.3. The highest BCUT2D eigenvalue weighted by Crippen LogP contribution is 2.38. The second kappa shape index (κ2) is 8.99. The van der Waals surface area contributed by atoms with Crippen LogP contribution in [0.1, 0.15) is 46.1 Å². The number of benzene rings is 1. The van der Waals surface area contributed by atoms with Crippen LogP contribution in [0.3, 0.4) is 0 Å². The fraction of sp³-hybridized carbons (Fsp3) is 0.364. The van der Waals surface area contributed by atoms with Gasteiger partial charge in [-0.05, 0) is 55.9 Å². The summed E-state index contributed by atoms with van der Waals surface area (Å²) in [6.07, 6.45) is 4.97. The largest absolute Gasteiger partial charge is 0.480 e. The molecule has 0 saturated heterocycles. The Morgan fingerprint density at radius 3 is 2.61 bits per heavy atom. The highest BCUT2D eigenvalue weighted by atomic mass is 32.1. The van der Waals surface area contributed by atoms with Crippen molar-refractivity contribution in [3.8, 4) is 0 Å². The summed E-state index contributed by atoms with van der Waals surface area (Å²) in [5.41, 5.74) is 2.65. The van der Waals surface area contributed by atoms with Crippen molar-refractivity contribution in [2.24, 2.45) is 0 Å². The highest BCUT2D eigenvalue weighted by Gasteiger charge is 2.25. The molecule has 2 heterocycles. The van der Waals surface area contributed by atoms with Crippen LogP contribution in [0.15, 0.2) is 30.6 Å². The van der Waals surface area contributed by atoms with Gasteiger partial charge in [0.1, 0.15) is 17.0 Å². The van der Waals surface area contributed by atoms with Gasteiger partial charge in [0, 0.05) is 17.0 Å². The Kier molecular flexibility index (Phi) is 6.15. The van der Waals surface area contributed by atoms with Crippen LogP contribution < -0.4 is 10.6 Å². The van der Waals surface area contributed by atoms with E-state index in [2.05, 4.69) is 20.6 Å². The molecule has 0 bridgehead atoms. The van der Waals surface area contributed by atoms with Crippen LogP contribution in [0.5, 0.6) is 0 Å². The summed E-state index contributed by atoms with van der Waals surface area (Å²) in [6.45, 7) is 1.85. The number of carboxylic acids is 1. The Morgan fingerprint density at radius 1 is 1.16 bits per heavy atom. The number of nitrogens with one attached hydrogen (secondary N) is 2. The standard InChI is InChI=1S/C22H24N4O4S/c1-12(27)18(22(29)30)26-20(28)14-8-6-13(7-9-14)10-23-19-17-15-4-2-3-5-16(15)31-21(17)25-11-24-19/h6-9,11-12,18,27H,2-5,10H2,1H3,(H,26,28)(H,29,30)(H,23,24,25). The maximum Gasteiger partial charge on any atom is 0.328 e. The number of fused-ring (bicyclic) bond motifs is 3. The van der Waals surface area contributed by atoms with Crippen molar-refractivity contribution >= 4 is 39.2 Å². The summed E-state index contributed by atoms with van der Waals surface area (Å²) in [6, 6.07) is 5.53. The van der Waals surface area contributed by atoms with Crippen LogP contribution in [0.2, 0.25) is 0 Å². The first-order valence-corrected chi connectivity index (χ1v) is 11.1. The third-order valence-electron chi connectivity index (χ3n) is 5.46. The predicted octanol–water partition coefficient (Wildman–Crippen LogP) is 2.75. The molecule has 4 rings (SSSR count). The van der Waals surface area contributed by atoms with Crippen LogP contribution in [0.4, 0.5) is 5.82 Å². The Hall–Kier alpha value is -3.04. The normalized spacial score (nSPS) is 15.2. The quantitative estimate of drug-likeness (QED) is 0.445. The molecule has 1 amide bonds. The van der Waals surface area contributed by atoms with Gasteiger partial charge in [0.05, 0.1) is 11.5 Å². The summed E-state index contributed by atoms with van der Waals surface area (Å²) in [5, 5.41) is 25.5. The number of thiophene rings is 1. The number of aliphatic hydroxyl groups excluding tert-OH is 1. The highest BCUT2D eigenvalue weighted by molar-refractivity contribution is 7.19. The van der Waals surface area contributed by atoms with Crippen molar-refractivity contribution in [3.05, 3.63) is 52.2 Å². The Morgan fingerprint density at radius 2 is 1.90 bits per heavy atom. The molecule has 0 aliphatic heterocycles. The zero-order chi connectivity index (χ0) is 22.0. The Bertz CT molecular complexity index is 1110. The Labute approximate surface area is 183 Å². The first-order chi connectivity index (χ1) is 14.9. The van der Waals surface area contributed by atoms with Crippen molar-refractivity contribution in [1.29, 1.82) is 0 Å². The second-order valence-corrected chi connectivity index (χ2v) is 8.78. The van der Waals surface area contributed by atoms with Gasteiger partial charge in [-0.15, -0.1) is 11.3 Å². The Balaban J connectivity index is 1.45. The van der Waals surface area contributed by atoms with E-state index in [1.807, 2.05) is 12.1 Å². The number of carboxylic acid groups (broad SMARTS) is 1. The molecule has 0 radical (unpaired) electrons. The van der Waals surface area contributed by atoms with Crippen LogP contribution in [0, 0.1) is 0 Å². The van der Waals surface area contributed by atoms with E-state index >= 15 is 0 Å². The lowest BCUT2D eigenvalue weighted by molar-refractivity contribution is -0.141. The van der Waals surface area contributed by atoms with Crippen LogP contribution in [-0.2, 0) is 24.2 Å². The van der Waals surface area contributed by atoms with E-state index in [0.717, 1.165) is 34.4 Å². The molecule has 2 unspecified atom stereocenters. The molecular formula is C22H24N4O4S. The summed E-state index contributed by atoms with van der Waals surface area (Å²) in [7, 11) is 0. The van der Waals surface area contributed by atoms with Crippen LogP contribution in [-0.4, -0.2) is 44.2 Å². The van der Waals surface area contributed by atoms with Gasteiger partial charge < -0.3 is 20.8 Å². The third kappa shape index (κ3) is 4.52. The van der Waals surface area contributed by atoms with Gasteiger partial charge >= 0.3 is 5.97 Å². The van der Waals surface area contributed by atoms with Crippen molar-refractivity contribution in [2.45, 2.75) is 51.3 Å². The molecule has 8 nitrogen and oxygen atoms in total. The third-order valence-corrected chi connectivity index (χ3v) is 6.66. The van der Waals surface area contributed by atoms with Gasteiger partial charge in [-0.1, -0.05) is 12.1 Å². The fourth-order valence-corrected chi connectivity index (χ4v) is 5.03. The van der Waals surface area contributed by atoms with E-state index in [1.165, 1.54) is 30.2 Å². The molecule has 0 spiro atoms. The minimum Gasteiger partial charge on any atom is -0.480 e. The lowest BCUT2D eigenvalue weighted by Gasteiger charge is -2.17. The molecular weight excluding hydrogens is 416 g/mol. The summed E-state index contributed by atoms with van der Waals surface area (Å²) >= 11 is 1.75. The van der Waals surface area contributed by atoms with E-state index in [-0.39, 0.29) is 0 Å². The molecule has 0 saturated carbocycles. The number of aliphatic carboxylic acids is 1. The molecule has 1 aromatic carbocycles. The van der Waals surface area contributed by atoms with E-state index in [4.69, 9.17) is 5.11 Å². The maximum atomic E-state index is 12.3. The topological polar surface area (TPSA) is 124 Å². The number of aryl methyl sites for hydroxylation is 2. The van der Waals surface area contributed by atoms with E-state index in [1.54, 1.807) is 29.8 Å².